The minimum absolute atomic E-state index is 0.377. The summed E-state index contributed by atoms with van der Waals surface area (Å²) in [5.41, 5.74) is 7.73. The Bertz CT molecular complexity index is 447. The van der Waals surface area contributed by atoms with Gasteiger partial charge in [0.2, 0.25) is 0 Å². The molecule has 2 N–H and O–H groups in total. The second kappa shape index (κ2) is 7.75. The molecule has 1 aromatic rings. The van der Waals surface area contributed by atoms with Crippen molar-refractivity contribution < 1.29 is 0 Å². The van der Waals surface area contributed by atoms with E-state index in [1.165, 1.54) is 29.3 Å². The van der Waals surface area contributed by atoms with Crippen LogP contribution < -0.4 is 5.73 Å². The Morgan fingerprint density at radius 2 is 2.00 bits per heavy atom. The first kappa shape index (κ1) is 17.0. The molecule has 3 heteroatoms. The molecule has 1 aliphatic rings. The fourth-order valence-corrected chi connectivity index (χ4v) is 3.93. The van der Waals surface area contributed by atoms with Crippen LogP contribution in [0.2, 0.25) is 0 Å². The lowest BCUT2D eigenvalue weighted by Gasteiger charge is -2.38. The summed E-state index contributed by atoms with van der Waals surface area (Å²) in [5.74, 6) is 2.28. The van der Waals surface area contributed by atoms with Crippen molar-refractivity contribution >= 4 is 15.9 Å². The molecule has 118 valence electrons. The van der Waals surface area contributed by atoms with Gasteiger partial charge in [0.05, 0.1) is 0 Å². The maximum Gasteiger partial charge on any atom is 0.0242 e. The van der Waals surface area contributed by atoms with Gasteiger partial charge in [0.25, 0.3) is 0 Å². The van der Waals surface area contributed by atoms with E-state index in [0.717, 1.165) is 24.9 Å². The zero-order chi connectivity index (χ0) is 15.4. The van der Waals surface area contributed by atoms with E-state index in [4.69, 9.17) is 5.73 Å². The minimum Gasteiger partial charge on any atom is -0.327 e. The van der Waals surface area contributed by atoms with E-state index in [-0.39, 0.29) is 0 Å². The summed E-state index contributed by atoms with van der Waals surface area (Å²) < 4.78 is 1.20. The van der Waals surface area contributed by atoms with Crippen LogP contribution in [-0.4, -0.2) is 24.5 Å². The van der Waals surface area contributed by atoms with Crippen LogP contribution in [0.1, 0.15) is 38.7 Å². The molecule has 0 amide bonds. The fourth-order valence-electron chi connectivity index (χ4n) is 3.52. The van der Waals surface area contributed by atoms with E-state index in [9.17, 15) is 0 Å². The predicted octanol–water partition coefficient (Wildman–Crippen LogP) is 4.28. The number of halogens is 1. The van der Waals surface area contributed by atoms with E-state index in [1.807, 2.05) is 0 Å². The largest absolute Gasteiger partial charge is 0.327 e. The molecule has 2 nitrogen and oxygen atoms in total. The van der Waals surface area contributed by atoms with E-state index in [2.05, 4.69) is 66.0 Å². The molecule has 0 saturated heterocycles. The van der Waals surface area contributed by atoms with E-state index < -0.39 is 0 Å². The van der Waals surface area contributed by atoms with Crippen molar-refractivity contribution in [1.29, 1.82) is 0 Å². The van der Waals surface area contributed by atoms with Gasteiger partial charge in [-0.2, -0.15) is 0 Å². The lowest BCUT2D eigenvalue weighted by atomic mass is 9.74. The summed E-state index contributed by atoms with van der Waals surface area (Å²) in [6, 6.07) is 8.86. The molecule has 3 unspecified atom stereocenters. The van der Waals surface area contributed by atoms with Crippen molar-refractivity contribution in [3.63, 3.8) is 0 Å². The van der Waals surface area contributed by atoms with E-state index in [0.29, 0.717) is 12.0 Å². The summed E-state index contributed by atoms with van der Waals surface area (Å²) in [6.45, 7) is 6.79. The van der Waals surface area contributed by atoms with Crippen molar-refractivity contribution in [1.82, 2.24) is 4.90 Å². The predicted molar refractivity (Wildman–Crippen MR) is 94.1 cm³/mol. The highest BCUT2D eigenvalue weighted by molar-refractivity contribution is 9.10. The number of nitrogens with zero attached hydrogens (tertiary/aromatic N) is 1. The highest BCUT2D eigenvalue weighted by Gasteiger charge is 2.30. The van der Waals surface area contributed by atoms with Crippen LogP contribution >= 0.6 is 15.9 Å². The Balaban J connectivity index is 1.92. The zero-order valence-electron chi connectivity index (χ0n) is 13.6. The Morgan fingerprint density at radius 3 is 2.67 bits per heavy atom. The third-order valence-electron chi connectivity index (χ3n) is 4.97. The molecular weight excluding hydrogens is 324 g/mol. The molecule has 2 rings (SSSR count). The summed E-state index contributed by atoms with van der Waals surface area (Å²) in [7, 11) is 2.21. The molecule has 21 heavy (non-hydrogen) atoms. The highest BCUT2D eigenvalue weighted by Crippen LogP contribution is 2.33. The molecule has 0 spiro atoms. The van der Waals surface area contributed by atoms with Gasteiger partial charge < -0.3 is 10.6 Å². The van der Waals surface area contributed by atoms with E-state index in [1.54, 1.807) is 0 Å². The normalized spacial score (nSPS) is 26.5. The maximum absolute atomic E-state index is 6.38. The number of nitrogens with two attached hydrogens (primary N) is 1. The number of hydrogen-bond acceptors (Lipinski definition) is 2. The average molecular weight is 353 g/mol. The van der Waals surface area contributed by atoms with Crippen LogP contribution in [0, 0.1) is 17.8 Å². The monoisotopic (exact) mass is 352 g/mol. The Kier molecular flexibility index (Phi) is 6.27. The molecule has 1 saturated carbocycles. The molecule has 1 aliphatic carbocycles. The second-order valence-corrected chi connectivity index (χ2v) is 7.88. The number of benzene rings is 1. The third-order valence-corrected chi connectivity index (χ3v) is 5.74. The molecular formula is C18H29BrN2. The first-order chi connectivity index (χ1) is 9.97. The quantitative estimate of drug-likeness (QED) is 0.856. The Hall–Kier alpha value is -0.380. The minimum atomic E-state index is 0.377. The van der Waals surface area contributed by atoms with Gasteiger partial charge >= 0.3 is 0 Å². The lowest BCUT2D eigenvalue weighted by molar-refractivity contribution is 0.147. The summed E-state index contributed by atoms with van der Waals surface area (Å²) in [5, 5.41) is 0. The first-order valence-electron chi connectivity index (χ1n) is 8.15. The van der Waals surface area contributed by atoms with Crippen LogP contribution in [0.3, 0.4) is 0 Å². The molecule has 1 fully saturated rings. The van der Waals surface area contributed by atoms with Crippen LogP contribution in [-0.2, 0) is 6.54 Å². The summed E-state index contributed by atoms with van der Waals surface area (Å²) in [6.07, 6.45) is 3.79. The van der Waals surface area contributed by atoms with Crippen molar-refractivity contribution in [2.24, 2.45) is 23.5 Å². The highest BCUT2D eigenvalue weighted by atomic mass is 79.9. The second-order valence-electron chi connectivity index (χ2n) is 7.03. The zero-order valence-corrected chi connectivity index (χ0v) is 15.1. The Morgan fingerprint density at radius 1 is 1.29 bits per heavy atom. The van der Waals surface area contributed by atoms with Gasteiger partial charge in [0.15, 0.2) is 0 Å². The molecule has 0 bridgehead atoms. The first-order valence-corrected chi connectivity index (χ1v) is 8.94. The molecule has 1 aromatic carbocycles. The van der Waals surface area contributed by atoms with Gasteiger partial charge in [-0.25, -0.2) is 0 Å². The van der Waals surface area contributed by atoms with E-state index >= 15 is 0 Å². The smallest absolute Gasteiger partial charge is 0.0242 e. The van der Waals surface area contributed by atoms with Gasteiger partial charge in [0, 0.05) is 23.6 Å². The SMILES string of the molecule is CC(C)C1CCC(N)C(CN(C)Cc2ccccc2Br)C1. The van der Waals surface area contributed by atoms with Crippen LogP contribution in [0.25, 0.3) is 0 Å². The van der Waals surface area contributed by atoms with Gasteiger partial charge in [-0.3, -0.25) is 0 Å². The molecule has 0 aliphatic heterocycles. The average Bonchev–Trinajstić information content (AvgIpc) is 2.43. The van der Waals surface area contributed by atoms with Gasteiger partial charge in [0.1, 0.15) is 0 Å². The van der Waals surface area contributed by atoms with Crippen molar-refractivity contribution in [3.05, 3.63) is 34.3 Å². The van der Waals surface area contributed by atoms with Gasteiger partial charge in [-0.05, 0) is 55.7 Å². The number of hydrogen-bond donors (Lipinski definition) is 1. The lowest BCUT2D eigenvalue weighted by Crippen LogP contribution is -2.42. The summed E-state index contributed by atoms with van der Waals surface area (Å²) in [4.78, 5) is 2.42. The van der Waals surface area contributed by atoms with Gasteiger partial charge in [-0.15, -0.1) is 0 Å². The van der Waals surface area contributed by atoms with Crippen LogP contribution in [0.15, 0.2) is 28.7 Å². The standard InChI is InChI=1S/C18H29BrN2/c1-13(2)14-8-9-18(20)16(10-14)12-21(3)11-15-6-4-5-7-17(15)19/h4-7,13-14,16,18H,8-12,20H2,1-3H3. The molecule has 0 aromatic heterocycles. The molecule has 3 atom stereocenters. The summed E-state index contributed by atoms with van der Waals surface area (Å²) >= 11 is 3.64. The fraction of sp³-hybridized carbons (Fsp3) is 0.667. The van der Waals surface area contributed by atoms with Crippen LogP contribution in [0.5, 0.6) is 0 Å². The number of rotatable bonds is 5. The third kappa shape index (κ3) is 4.80. The van der Waals surface area contributed by atoms with Crippen LogP contribution in [0.4, 0.5) is 0 Å². The van der Waals surface area contributed by atoms with Gasteiger partial charge in [-0.1, -0.05) is 48.0 Å². The van der Waals surface area contributed by atoms with Crippen molar-refractivity contribution in [2.45, 2.75) is 45.7 Å². The molecule has 0 heterocycles. The van der Waals surface area contributed by atoms with Crippen molar-refractivity contribution in [2.75, 3.05) is 13.6 Å². The molecule has 0 radical (unpaired) electrons. The topological polar surface area (TPSA) is 29.3 Å². The van der Waals surface area contributed by atoms with Crippen molar-refractivity contribution in [3.8, 4) is 0 Å². The maximum atomic E-state index is 6.38. The Labute approximate surface area is 138 Å².